The Morgan fingerprint density at radius 3 is 3.06 bits per heavy atom. The van der Waals surface area contributed by atoms with Crippen LogP contribution in [0.15, 0.2) is 18.2 Å². The van der Waals surface area contributed by atoms with Crippen molar-refractivity contribution in [1.82, 2.24) is 5.32 Å². The van der Waals surface area contributed by atoms with Gasteiger partial charge in [0.15, 0.2) is 0 Å². The highest BCUT2D eigenvalue weighted by Gasteiger charge is 2.18. The fourth-order valence-corrected chi connectivity index (χ4v) is 2.36. The molecule has 0 bridgehead atoms. The standard InChI is InChI=1S/C14H22N2O/c1-11-4-5-14-13(8-11)9-15-12(2)10-16(14)6-7-17-3/h4-5,8,12,15H,6-7,9-10H2,1-3H3. The minimum atomic E-state index is 0.513. The van der Waals surface area contributed by atoms with Crippen LogP contribution < -0.4 is 10.2 Å². The van der Waals surface area contributed by atoms with Gasteiger partial charge in [0.05, 0.1) is 6.61 Å². The summed E-state index contributed by atoms with van der Waals surface area (Å²) < 4.78 is 5.20. The van der Waals surface area contributed by atoms with E-state index in [2.05, 4.69) is 42.3 Å². The van der Waals surface area contributed by atoms with Gasteiger partial charge in [-0.15, -0.1) is 0 Å². The molecule has 17 heavy (non-hydrogen) atoms. The predicted molar refractivity (Wildman–Crippen MR) is 71.6 cm³/mol. The molecule has 1 aromatic carbocycles. The summed E-state index contributed by atoms with van der Waals surface area (Å²) in [6, 6.07) is 7.22. The van der Waals surface area contributed by atoms with E-state index < -0.39 is 0 Å². The highest BCUT2D eigenvalue weighted by atomic mass is 16.5. The van der Waals surface area contributed by atoms with Crippen LogP contribution in [0.1, 0.15) is 18.1 Å². The van der Waals surface area contributed by atoms with E-state index in [1.807, 2.05) is 0 Å². The molecule has 1 atom stereocenters. The topological polar surface area (TPSA) is 24.5 Å². The number of hydrogen-bond acceptors (Lipinski definition) is 3. The van der Waals surface area contributed by atoms with E-state index in [1.54, 1.807) is 7.11 Å². The first kappa shape index (κ1) is 12.4. The number of rotatable bonds is 3. The monoisotopic (exact) mass is 234 g/mol. The largest absolute Gasteiger partial charge is 0.383 e. The Bertz CT molecular complexity index is 378. The zero-order chi connectivity index (χ0) is 12.3. The van der Waals surface area contributed by atoms with Gasteiger partial charge in [0.1, 0.15) is 0 Å². The first-order valence-corrected chi connectivity index (χ1v) is 6.27. The summed E-state index contributed by atoms with van der Waals surface area (Å²) in [6.45, 7) is 8.12. The van der Waals surface area contributed by atoms with Crippen molar-refractivity contribution in [1.29, 1.82) is 0 Å². The summed E-state index contributed by atoms with van der Waals surface area (Å²) in [7, 11) is 1.76. The third-order valence-electron chi connectivity index (χ3n) is 3.28. The highest BCUT2D eigenvalue weighted by Crippen LogP contribution is 2.24. The molecule has 0 amide bonds. The van der Waals surface area contributed by atoms with E-state index in [4.69, 9.17) is 4.74 Å². The molecule has 0 saturated carbocycles. The first-order chi connectivity index (χ1) is 8.20. The van der Waals surface area contributed by atoms with Crippen LogP contribution in [0, 0.1) is 6.92 Å². The molecule has 94 valence electrons. The van der Waals surface area contributed by atoms with E-state index in [9.17, 15) is 0 Å². The number of benzene rings is 1. The Kier molecular flexibility index (Phi) is 4.02. The van der Waals surface area contributed by atoms with Crippen molar-refractivity contribution in [3.05, 3.63) is 29.3 Å². The van der Waals surface area contributed by atoms with Gasteiger partial charge in [-0.25, -0.2) is 0 Å². The number of methoxy groups -OCH3 is 1. The molecule has 0 radical (unpaired) electrons. The second kappa shape index (κ2) is 5.52. The lowest BCUT2D eigenvalue weighted by Crippen LogP contribution is -2.37. The van der Waals surface area contributed by atoms with Crippen molar-refractivity contribution < 1.29 is 4.74 Å². The predicted octanol–water partition coefficient (Wildman–Crippen LogP) is 1.94. The van der Waals surface area contributed by atoms with Crippen LogP contribution in [-0.2, 0) is 11.3 Å². The second-order valence-electron chi connectivity index (χ2n) is 4.85. The molecule has 2 rings (SSSR count). The molecule has 1 aromatic rings. The molecule has 1 unspecified atom stereocenters. The number of nitrogens with one attached hydrogen (secondary N) is 1. The van der Waals surface area contributed by atoms with Crippen molar-refractivity contribution >= 4 is 5.69 Å². The number of anilines is 1. The lowest BCUT2D eigenvalue weighted by molar-refractivity contribution is 0.205. The number of ether oxygens (including phenoxy) is 1. The van der Waals surface area contributed by atoms with Crippen molar-refractivity contribution in [3.63, 3.8) is 0 Å². The molecular weight excluding hydrogens is 212 g/mol. The van der Waals surface area contributed by atoms with Gasteiger partial charge in [-0.3, -0.25) is 0 Å². The fraction of sp³-hybridized carbons (Fsp3) is 0.571. The SMILES string of the molecule is COCCN1CC(C)NCc2cc(C)ccc21. The Hall–Kier alpha value is -1.06. The van der Waals surface area contributed by atoms with Gasteiger partial charge in [-0.05, 0) is 25.5 Å². The first-order valence-electron chi connectivity index (χ1n) is 6.27. The maximum atomic E-state index is 5.20. The average molecular weight is 234 g/mol. The lowest BCUT2D eigenvalue weighted by atomic mass is 10.1. The Morgan fingerprint density at radius 2 is 2.29 bits per heavy atom. The van der Waals surface area contributed by atoms with Crippen molar-refractivity contribution in [3.8, 4) is 0 Å². The van der Waals surface area contributed by atoms with Crippen LogP contribution in [0.5, 0.6) is 0 Å². The Balaban J connectivity index is 2.25. The summed E-state index contributed by atoms with van der Waals surface area (Å²) >= 11 is 0. The highest BCUT2D eigenvalue weighted by molar-refractivity contribution is 5.56. The van der Waals surface area contributed by atoms with Crippen LogP contribution in [0.25, 0.3) is 0 Å². The fourth-order valence-electron chi connectivity index (χ4n) is 2.36. The summed E-state index contributed by atoms with van der Waals surface area (Å²) in [5, 5.41) is 3.55. The molecule has 1 aliphatic rings. The van der Waals surface area contributed by atoms with Crippen molar-refractivity contribution in [2.24, 2.45) is 0 Å². The average Bonchev–Trinajstić information content (AvgIpc) is 2.46. The number of nitrogens with zero attached hydrogens (tertiary/aromatic N) is 1. The van der Waals surface area contributed by atoms with E-state index >= 15 is 0 Å². The van der Waals surface area contributed by atoms with E-state index in [-0.39, 0.29) is 0 Å². The lowest BCUT2D eigenvalue weighted by Gasteiger charge is -2.26. The minimum Gasteiger partial charge on any atom is -0.383 e. The molecule has 0 fully saturated rings. The summed E-state index contributed by atoms with van der Waals surface area (Å²) in [5.41, 5.74) is 4.07. The molecule has 3 nitrogen and oxygen atoms in total. The molecule has 0 aliphatic carbocycles. The van der Waals surface area contributed by atoms with E-state index in [0.717, 1.165) is 26.2 Å². The van der Waals surface area contributed by atoms with Gasteiger partial charge in [-0.2, -0.15) is 0 Å². The van der Waals surface area contributed by atoms with Crippen molar-refractivity contribution in [2.45, 2.75) is 26.4 Å². The van der Waals surface area contributed by atoms with Crippen LogP contribution >= 0.6 is 0 Å². The van der Waals surface area contributed by atoms with Crippen LogP contribution in [0.4, 0.5) is 5.69 Å². The van der Waals surface area contributed by atoms with Gasteiger partial charge in [0, 0.05) is 38.5 Å². The van der Waals surface area contributed by atoms with Gasteiger partial charge in [-0.1, -0.05) is 17.7 Å². The maximum absolute atomic E-state index is 5.20. The Labute approximate surface area is 104 Å². The zero-order valence-electron chi connectivity index (χ0n) is 11.0. The molecule has 1 heterocycles. The number of aryl methyl sites for hydroxylation is 1. The molecule has 3 heteroatoms. The molecule has 0 saturated heterocycles. The molecule has 1 aliphatic heterocycles. The van der Waals surface area contributed by atoms with E-state index in [0.29, 0.717) is 6.04 Å². The summed E-state index contributed by atoms with van der Waals surface area (Å²) in [6.07, 6.45) is 0. The third kappa shape index (κ3) is 2.99. The van der Waals surface area contributed by atoms with Crippen LogP contribution in [-0.4, -0.2) is 32.8 Å². The minimum absolute atomic E-state index is 0.513. The third-order valence-corrected chi connectivity index (χ3v) is 3.28. The quantitative estimate of drug-likeness (QED) is 0.865. The van der Waals surface area contributed by atoms with Crippen LogP contribution in [0.2, 0.25) is 0 Å². The number of fused-ring (bicyclic) bond motifs is 1. The number of hydrogen-bond donors (Lipinski definition) is 1. The van der Waals surface area contributed by atoms with Gasteiger partial charge >= 0.3 is 0 Å². The molecular formula is C14H22N2O. The van der Waals surface area contributed by atoms with E-state index in [1.165, 1.54) is 16.8 Å². The normalized spacial score (nSPS) is 19.9. The summed E-state index contributed by atoms with van der Waals surface area (Å²) in [5.74, 6) is 0. The maximum Gasteiger partial charge on any atom is 0.0637 e. The van der Waals surface area contributed by atoms with Gasteiger partial charge < -0.3 is 15.0 Å². The molecule has 0 spiro atoms. The second-order valence-corrected chi connectivity index (χ2v) is 4.85. The van der Waals surface area contributed by atoms with Gasteiger partial charge in [0.2, 0.25) is 0 Å². The molecule has 0 aromatic heterocycles. The summed E-state index contributed by atoms with van der Waals surface area (Å²) in [4.78, 5) is 2.42. The van der Waals surface area contributed by atoms with Gasteiger partial charge in [0.25, 0.3) is 0 Å². The van der Waals surface area contributed by atoms with Crippen LogP contribution in [0.3, 0.4) is 0 Å². The van der Waals surface area contributed by atoms with Crippen molar-refractivity contribution in [2.75, 3.05) is 31.7 Å². The molecule has 1 N–H and O–H groups in total. The zero-order valence-corrected chi connectivity index (χ0v) is 11.0. The Morgan fingerprint density at radius 1 is 1.47 bits per heavy atom. The smallest absolute Gasteiger partial charge is 0.0637 e.